The molecule has 132 valence electrons. The van der Waals surface area contributed by atoms with E-state index in [2.05, 4.69) is 4.72 Å². The monoisotopic (exact) mass is 404 g/mol. The molecule has 0 bridgehead atoms. The summed E-state index contributed by atoms with van der Waals surface area (Å²) in [7, 11) is -4.11. The zero-order valence-corrected chi connectivity index (χ0v) is 15.0. The van der Waals surface area contributed by atoms with Gasteiger partial charge in [0.05, 0.1) is 21.2 Å². The maximum atomic E-state index is 13.2. The second-order valence-electron chi connectivity index (χ2n) is 5.10. The summed E-state index contributed by atoms with van der Waals surface area (Å²) in [5.41, 5.74) is 0.546. The van der Waals surface area contributed by atoms with Crippen LogP contribution in [-0.2, 0) is 16.6 Å². The first kappa shape index (κ1) is 17.8. The molecule has 0 radical (unpaired) electrons. The highest BCUT2D eigenvalue weighted by atomic mass is 35.5. The van der Waals surface area contributed by atoms with E-state index in [1.165, 1.54) is 22.8 Å². The molecule has 0 fully saturated rings. The van der Waals surface area contributed by atoms with Crippen molar-refractivity contribution in [3.8, 4) is 0 Å². The summed E-state index contributed by atoms with van der Waals surface area (Å²) in [4.78, 5) is 11.5. The Kier molecular flexibility index (Phi) is 4.52. The zero-order chi connectivity index (χ0) is 18.4. The molecule has 0 spiro atoms. The summed E-state index contributed by atoms with van der Waals surface area (Å²) in [6.07, 6.45) is 0. The van der Waals surface area contributed by atoms with Crippen molar-refractivity contribution in [2.75, 3.05) is 4.72 Å². The predicted octanol–water partition coefficient (Wildman–Crippen LogP) is 3.86. The fraction of sp³-hybridized carbons (Fsp3) is 0.133. The molecule has 0 saturated heterocycles. The molecule has 0 amide bonds. The van der Waals surface area contributed by atoms with Crippen LogP contribution in [0.5, 0.6) is 0 Å². The van der Waals surface area contributed by atoms with Crippen molar-refractivity contribution in [1.82, 2.24) is 4.57 Å². The number of fused-ring (bicyclic) bond motifs is 1. The third-order valence-electron chi connectivity index (χ3n) is 3.50. The lowest BCUT2D eigenvalue weighted by Crippen LogP contribution is -2.14. The standard InChI is InChI=1S/C15H11Cl2FN2O4S/c1-2-20-12-6-10(17)14(7-13(12)24-15(20)21)25(22,23)19-8-3-4-11(18)9(16)5-8/h3-7,19H,2H2,1H3. The molecule has 2 aromatic carbocycles. The van der Waals surface area contributed by atoms with Crippen LogP contribution in [0, 0.1) is 5.82 Å². The average molecular weight is 405 g/mol. The Morgan fingerprint density at radius 2 is 1.92 bits per heavy atom. The minimum Gasteiger partial charge on any atom is -0.408 e. The van der Waals surface area contributed by atoms with Gasteiger partial charge in [0, 0.05) is 12.6 Å². The molecule has 1 N–H and O–H groups in total. The normalized spacial score (nSPS) is 11.8. The van der Waals surface area contributed by atoms with Crippen molar-refractivity contribution in [2.45, 2.75) is 18.4 Å². The Balaban J connectivity index is 2.09. The van der Waals surface area contributed by atoms with E-state index in [0.717, 1.165) is 12.1 Å². The maximum Gasteiger partial charge on any atom is 0.419 e. The van der Waals surface area contributed by atoms with Gasteiger partial charge in [0.15, 0.2) is 5.58 Å². The summed E-state index contributed by atoms with van der Waals surface area (Å²) in [5, 5.41) is -0.316. The van der Waals surface area contributed by atoms with Crippen LogP contribution in [0.3, 0.4) is 0 Å². The van der Waals surface area contributed by atoms with E-state index in [1.54, 1.807) is 6.92 Å². The van der Waals surface area contributed by atoms with E-state index < -0.39 is 21.6 Å². The van der Waals surface area contributed by atoms with Crippen LogP contribution in [-0.4, -0.2) is 13.0 Å². The van der Waals surface area contributed by atoms with Crippen LogP contribution < -0.4 is 10.5 Å². The minimum absolute atomic E-state index is 0.0649. The minimum atomic E-state index is -4.11. The van der Waals surface area contributed by atoms with Gasteiger partial charge in [-0.25, -0.2) is 17.6 Å². The Morgan fingerprint density at radius 1 is 1.20 bits per heavy atom. The first-order valence-corrected chi connectivity index (χ1v) is 9.27. The topological polar surface area (TPSA) is 81.3 Å². The molecule has 1 heterocycles. The lowest BCUT2D eigenvalue weighted by Gasteiger charge is -2.10. The van der Waals surface area contributed by atoms with E-state index in [-0.39, 0.29) is 26.2 Å². The molecule has 3 aromatic rings. The maximum absolute atomic E-state index is 13.2. The van der Waals surface area contributed by atoms with Gasteiger partial charge in [-0.15, -0.1) is 0 Å². The van der Waals surface area contributed by atoms with Gasteiger partial charge < -0.3 is 4.42 Å². The molecule has 1 aromatic heterocycles. The van der Waals surface area contributed by atoms with Crippen molar-refractivity contribution in [3.63, 3.8) is 0 Å². The molecule has 3 rings (SSSR count). The van der Waals surface area contributed by atoms with Crippen LogP contribution in [0.1, 0.15) is 6.92 Å². The Bertz CT molecular complexity index is 1140. The average Bonchev–Trinajstić information content (AvgIpc) is 2.84. The molecule has 0 aliphatic heterocycles. The van der Waals surface area contributed by atoms with Gasteiger partial charge in [0.25, 0.3) is 10.0 Å². The second kappa shape index (κ2) is 6.36. The molecule has 0 atom stereocenters. The number of anilines is 1. The number of aryl methyl sites for hydroxylation is 1. The van der Waals surface area contributed by atoms with Crippen molar-refractivity contribution in [1.29, 1.82) is 0 Å². The lowest BCUT2D eigenvalue weighted by atomic mass is 10.3. The first-order valence-electron chi connectivity index (χ1n) is 7.03. The SMILES string of the molecule is CCn1c(=O)oc2cc(S(=O)(=O)Nc3ccc(F)c(Cl)c3)c(Cl)cc21. The van der Waals surface area contributed by atoms with Gasteiger partial charge in [-0.3, -0.25) is 9.29 Å². The molecule has 0 saturated carbocycles. The third-order valence-corrected chi connectivity index (χ3v) is 5.64. The van der Waals surface area contributed by atoms with Crippen LogP contribution >= 0.6 is 23.2 Å². The Hall–Kier alpha value is -2.03. The highest BCUT2D eigenvalue weighted by Crippen LogP contribution is 2.29. The van der Waals surface area contributed by atoms with E-state index in [0.29, 0.717) is 12.1 Å². The number of rotatable bonds is 4. The summed E-state index contributed by atoms with van der Waals surface area (Å²) in [6, 6.07) is 5.90. The number of hydrogen-bond acceptors (Lipinski definition) is 4. The number of nitrogens with one attached hydrogen (secondary N) is 1. The summed E-state index contributed by atoms with van der Waals surface area (Å²) >= 11 is 11.7. The summed E-state index contributed by atoms with van der Waals surface area (Å²) in [6.45, 7) is 2.09. The summed E-state index contributed by atoms with van der Waals surface area (Å²) in [5.74, 6) is -1.28. The highest BCUT2D eigenvalue weighted by molar-refractivity contribution is 7.92. The van der Waals surface area contributed by atoms with Gasteiger partial charge in [0.1, 0.15) is 10.7 Å². The molecule has 25 heavy (non-hydrogen) atoms. The van der Waals surface area contributed by atoms with Crippen molar-refractivity contribution >= 4 is 50.0 Å². The second-order valence-corrected chi connectivity index (χ2v) is 7.56. The van der Waals surface area contributed by atoms with Crippen LogP contribution in [0.4, 0.5) is 10.1 Å². The van der Waals surface area contributed by atoms with Gasteiger partial charge >= 0.3 is 5.76 Å². The fourth-order valence-electron chi connectivity index (χ4n) is 2.34. The van der Waals surface area contributed by atoms with Gasteiger partial charge in [0.2, 0.25) is 0 Å². The number of halogens is 3. The zero-order valence-electron chi connectivity index (χ0n) is 12.7. The molecule has 6 nitrogen and oxygen atoms in total. The largest absolute Gasteiger partial charge is 0.419 e. The van der Waals surface area contributed by atoms with Crippen molar-refractivity contribution < 1.29 is 17.2 Å². The van der Waals surface area contributed by atoms with Gasteiger partial charge in [-0.2, -0.15) is 0 Å². The van der Waals surface area contributed by atoms with Crippen LogP contribution in [0.15, 0.2) is 44.4 Å². The predicted molar refractivity (Wildman–Crippen MR) is 93.4 cm³/mol. The van der Waals surface area contributed by atoms with E-state index in [4.69, 9.17) is 27.6 Å². The van der Waals surface area contributed by atoms with Crippen LogP contribution in [0.2, 0.25) is 10.0 Å². The Labute approximate surface area is 151 Å². The number of sulfonamides is 1. The first-order chi connectivity index (χ1) is 11.7. The number of oxazole rings is 1. The smallest absolute Gasteiger partial charge is 0.408 e. The molecule has 0 aliphatic carbocycles. The molecule has 10 heteroatoms. The Morgan fingerprint density at radius 3 is 2.56 bits per heavy atom. The number of hydrogen-bond donors (Lipinski definition) is 1. The molecule has 0 unspecified atom stereocenters. The highest BCUT2D eigenvalue weighted by Gasteiger charge is 2.22. The lowest BCUT2D eigenvalue weighted by molar-refractivity contribution is 0.512. The van der Waals surface area contributed by atoms with Gasteiger partial charge in [-0.1, -0.05) is 23.2 Å². The summed E-state index contributed by atoms with van der Waals surface area (Å²) < 4.78 is 47.0. The van der Waals surface area contributed by atoms with Crippen molar-refractivity contribution in [3.05, 3.63) is 56.7 Å². The molecule has 0 aliphatic rings. The quantitative estimate of drug-likeness (QED) is 0.715. The van der Waals surface area contributed by atoms with Crippen LogP contribution in [0.25, 0.3) is 11.1 Å². The van der Waals surface area contributed by atoms with E-state index >= 15 is 0 Å². The number of benzene rings is 2. The molecular weight excluding hydrogens is 394 g/mol. The van der Waals surface area contributed by atoms with Crippen molar-refractivity contribution in [2.24, 2.45) is 0 Å². The fourth-order valence-corrected chi connectivity index (χ4v) is 4.11. The number of nitrogens with zero attached hydrogens (tertiary/aromatic N) is 1. The van der Waals surface area contributed by atoms with Gasteiger partial charge in [-0.05, 0) is 31.2 Å². The van der Waals surface area contributed by atoms with E-state index in [9.17, 15) is 17.6 Å². The molecular formula is C15H11Cl2FN2O4S. The third kappa shape index (κ3) is 3.24. The van der Waals surface area contributed by atoms with E-state index in [1.807, 2.05) is 0 Å². The number of aromatic nitrogens is 1.